The van der Waals surface area contributed by atoms with Gasteiger partial charge in [0.05, 0.1) is 24.0 Å². The van der Waals surface area contributed by atoms with Gasteiger partial charge in [-0.25, -0.2) is 4.79 Å². The number of aliphatic hydroxyl groups excluding tert-OH is 1. The smallest absolute Gasteiger partial charge is 0.418 e. The van der Waals surface area contributed by atoms with Gasteiger partial charge >= 0.3 is 12.2 Å². The van der Waals surface area contributed by atoms with Crippen molar-refractivity contribution in [1.29, 1.82) is 0 Å². The highest BCUT2D eigenvalue weighted by Gasteiger charge is 2.33. The summed E-state index contributed by atoms with van der Waals surface area (Å²) in [6, 6.07) is 9.10. The van der Waals surface area contributed by atoms with Crippen molar-refractivity contribution in [2.45, 2.75) is 18.7 Å². The fourth-order valence-corrected chi connectivity index (χ4v) is 2.73. The maximum Gasteiger partial charge on any atom is 0.418 e. The lowest BCUT2D eigenvalue weighted by molar-refractivity contribution is -0.136. The summed E-state index contributed by atoms with van der Waals surface area (Å²) in [6.45, 7) is 0.452. The number of urea groups is 1. The van der Waals surface area contributed by atoms with E-state index in [9.17, 15) is 23.1 Å². The molecule has 1 atom stereocenters. The minimum absolute atomic E-state index is 0.139. The van der Waals surface area contributed by atoms with Crippen LogP contribution in [0.3, 0.4) is 0 Å². The van der Waals surface area contributed by atoms with Crippen LogP contribution >= 0.6 is 0 Å². The van der Waals surface area contributed by atoms with Gasteiger partial charge in [-0.2, -0.15) is 13.2 Å². The molecule has 0 spiro atoms. The van der Waals surface area contributed by atoms with Crippen LogP contribution in [0.4, 0.5) is 23.7 Å². The number of benzene rings is 2. The molecule has 138 valence electrons. The van der Waals surface area contributed by atoms with E-state index in [0.29, 0.717) is 12.2 Å². The number of anilines is 1. The topological polar surface area (TPSA) is 70.6 Å². The van der Waals surface area contributed by atoms with Crippen LogP contribution in [0, 0.1) is 0 Å². The Labute approximate surface area is 147 Å². The number of carbonyl (C=O) groups is 1. The largest absolute Gasteiger partial charge is 0.493 e. The third-order valence-electron chi connectivity index (χ3n) is 4.03. The maximum atomic E-state index is 12.9. The highest BCUT2D eigenvalue weighted by atomic mass is 19.4. The summed E-state index contributed by atoms with van der Waals surface area (Å²) in [5, 5.41) is 14.7. The highest BCUT2D eigenvalue weighted by molar-refractivity contribution is 5.90. The van der Waals surface area contributed by atoms with Crippen molar-refractivity contribution in [3.05, 3.63) is 59.2 Å². The summed E-state index contributed by atoms with van der Waals surface area (Å²) in [7, 11) is 0. The van der Waals surface area contributed by atoms with E-state index < -0.39 is 23.9 Å². The van der Waals surface area contributed by atoms with Gasteiger partial charge in [0.25, 0.3) is 0 Å². The molecule has 0 saturated carbocycles. The first-order valence-corrected chi connectivity index (χ1v) is 7.99. The number of carbonyl (C=O) groups excluding carboxylic acids is 1. The quantitative estimate of drug-likeness (QED) is 0.776. The summed E-state index contributed by atoms with van der Waals surface area (Å²) in [5.74, 6) is 0.774. The van der Waals surface area contributed by atoms with Crippen molar-refractivity contribution in [2.75, 3.05) is 18.5 Å². The van der Waals surface area contributed by atoms with Crippen molar-refractivity contribution in [1.82, 2.24) is 5.32 Å². The summed E-state index contributed by atoms with van der Waals surface area (Å²) in [6.07, 6.45) is -4.81. The molecule has 0 radical (unpaired) electrons. The van der Waals surface area contributed by atoms with Crippen LogP contribution in [0.5, 0.6) is 5.75 Å². The summed E-state index contributed by atoms with van der Waals surface area (Å²) in [4.78, 5) is 11.9. The molecule has 2 amide bonds. The molecule has 0 saturated heterocycles. The maximum absolute atomic E-state index is 12.9. The van der Waals surface area contributed by atoms with Gasteiger partial charge in [0.15, 0.2) is 0 Å². The summed E-state index contributed by atoms with van der Waals surface area (Å²) >= 11 is 0. The molecular formula is C18H17F3N2O3. The van der Waals surface area contributed by atoms with Crippen molar-refractivity contribution in [3.8, 4) is 5.75 Å². The number of aliphatic hydroxyl groups is 1. The van der Waals surface area contributed by atoms with E-state index in [1.165, 1.54) is 18.2 Å². The number of ether oxygens (including phenoxy) is 1. The van der Waals surface area contributed by atoms with E-state index in [1.54, 1.807) is 18.2 Å². The monoisotopic (exact) mass is 366 g/mol. The molecule has 0 aromatic heterocycles. The van der Waals surface area contributed by atoms with Crippen LogP contribution in [0.2, 0.25) is 0 Å². The minimum atomic E-state index is -4.57. The third kappa shape index (κ3) is 4.08. The second-order valence-corrected chi connectivity index (χ2v) is 5.86. The van der Waals surface area contributed by atoms with Crippen LogP contribution in [0.25, 0.3) is 0 Å². The van der Waals surface area contributed by atoms with Crippen LogP contribution in [-0.4, -0.2) is 24.3 Å². The second kappa shape index (κ2) is 7.25. The molecule has 1 aliphatic rings. The molecule has 0 aliphatic carbocycles. The van der Waals surface area contributed by atoms with Gasteiger partial charge in [-0.3, -0.25) is 0 Å². The first kappa shape index (κ1) is 18.1. The van der Waals surface area contributed by atoms with Crippen LogP contribution in [-0.2, 0) is 12.6 Å². The Morgan fingerprint density at radius 1 is 1.23 bits per heavy atom. The van der Waals surface area contributed by atoms with Crippen LogP contribution in [0.15, 0.2) is 42.5 Å². The molecule has 2 aromatic rings. The van der Waals surface area contributed by atoms with E-state index in [0.717, 1.165) is 23.8 Å². The number of hydrogen-bond acceptors (Lipinski definition) is 3. The fraction of sp³-hybridized carbons (Fsp3) is 0.278. The van der Waals surface area contributed by atoms with Gasteiger partial charge in [0.2, 0.25) is 0 Å². The van der Waals surface area contributed by atoms with Crippen molar-refractivity contribution in [3.63, 3.8) is 0 Å². The molecular weight excluding hydrogens is 349 g/mol. The molecule has 1 unspecified atom stereocenters. The van der Waals surface area contributed by atoms with E-state index >= 15 is 0 Å². The zero-order valence-electron chi connectivity index (χ0n) is 13.6. The summed E-state index contributed by atoms with van der Waals surface area (Å²) < 4.78 is 44.1. The van der Waals surface area contributed by atoms with Gasteiger partial charge in [0.1, 0.15) is 5.75 Å². The molecule has 0 fully saturated rings. The van der Waals surface area contributed by atoms with E-state index in [-0.39, 0.29) is 12.2 Å². The lowest BCUT2D eigenvalue weighted by Gasteiger charge is -2.16. The minimum Gasteiger partial charge on any atom is -0.493 e. The molecule has 2 aromatic carbocycles. The van der Waals surface area contributed by atoms with Gasteiger partial charge in [-0.05, 0) is 35.4 Å². The van der Waals surface area contributed by atoms with Gasteiger partial charge in [0, 0.05) is 13.0 Å². The van der Waals surface area contributed by atoms with E-state index in [4.69, 9.17) is 4.74 Å². The predicted octanol–water partition coefficient (Wildman–Crippen LogP) is 3.50. The SMILES string of the molecule is O=C(NCC(O)c1ccc2c(c1)CCO2)Nc1ccccc1C(F)(F)F. The standard InChI is InChI=1S/C18H17F3N2O3/c19-18(20,21)13-3-1-2-4-14(13)23-17(25)22-10-15(24)11-5-6-16-12(9-11)7-8-26-16/h1-6,9,15,24H,7-8,10H2,(H2,22,23,25). The van der Waals surface area contributed by atoms with Gasteiger partial charge in [-0.15, -0.1) is 0 Å². The first-order valence-electron chi connectivity index (χ1n) is 7.99. The Balaban J connectivity index is 1.59. The molecule has 0 bridgehead atoms. The molecule has 3 rings (SSSR count). The van der Waals surface area contributed by atoms with Crippen molar-refractivity contribution >= 4 is 11.7 Å². The second-order valence-electron chi connectivity index (χ2n) is 5.86. The number of rotatable bonds is 4. The van der Waals surface area contributed by atoms with Crippen molar-refractivity contribution in [2.24, 2.45) is 0 Å². The average molecular weight is 366 g/mol. The summed E-state index contributed by atoms with van der Waals surface area (Å²) in [5.41, 5.74) is 0.298. The molecule has 8 heteroatoms. The zero-order valence-corrected chi connectivity index (χ0v) is 13.6. The average Bonchev–Trinajstić information content (AvgIpc) is 3.07. The van der Waals surface area contributed by atoms with E-state index in [2.05, 4.69) is 10.6 Å². The number of fused-ring (bicyclic) bond motifs is 1. The number of hydrogen-bond donors (Lipinski definition) is 3. The molecule has 1 aliphatic heterocycles. The van der Waals surface area contributed by atoms with Crippen LogP contribution in [0.1, 0.15) is 22.8 Å². The first-order chi connectivity index (χ1) is 12.3. The number of alkyl halides is 3. The Hall–Kier alpha value is -2.74. The Kier molecular flexibility index (Phi) is 5.03. The number of halogens is 3. The number of amides is 2. The normalized spacial score (nSPS) is 14.3. The van der Waals surface area contributed by atoms with Crippen LogP contribution < -0.4 is 15.4 Å². The lowest BCUT2D eigenvalue weighted by atomic mass is 10.0. The Morgan fingerprint density at radius 3 is 2.77 bits per heavy atom. The molecule has 3 N–H and O–H groups in total. The van der Waals surface area contributed by atoms with Crippen molar-refractivity contribution < 1.29 is 27.8 Å². The number of para-hydroxylation sites is 1. The van der Waals surface area contributed by atoms with E-state index in [1.807, 2.05) is 0 Å². The van der Waals surface area contributed by atoms with Gasteiger partial charge in [-0.1, -0.05) is 18.2 Å². The predicted molar refractivity (Wildman–Crippen MR) is 89.1 cm³/mol. The molecule has 1 heterocycles. The zero-order chi connectivity index (χ0) is 18.7. The Morgan fingerprint density at radius 2 is 2.00 bits per heavy atom. The third-order valence-corrected chi connectivity index (χ3v) is 4.03. The molecule has 5 nitrogen and oxygen atoms in total. The fourth-order valence-electron chi connectivity index (χ4n) is 2.73. The Bertz CT molecular complexity index is 809. The lowest BCUT2D eigenvalue weighted by Crippen LogP contribution is -2.33. The highest BCUT2D eigenvalue weighted by Crippen LogP contribution is 2.34. The molecule has 26 heavy (non-hydrogen) atoms. The number of nitrogens with one attached hydrogen (secondary N) is 2. The van der Waals surface area contributed by atoms with Gasteiger partial charge < -0.3 is 20.5 Å².